The summed E-state index contributed by atoms with van der Waals surface area (Å²) >= 11 is 0. The van der Waals surface area contributed by atoms with Gasteiger partial charge in [-0.2, -0.15) is 13.2 Å². The van der Waals surface area contributed by atoms with Gasteiger partial charge in [0.25, 0.3) is 0 Å². The van der Waals surface area contributed by atoms with Crippen molar-refractivity contribution in [2.24, 2.45) is 11.7 Å². The summed E-state index contributed by atoms with van der Waals surface area (Å²) in [4.78, 5) is 4.00. The molecule has 94 valence electrons. The smallest absolute Gasteiger partial charge is 0.327 e. The lowest BCUT2D eigenvalue weighted by Gasteiger charge is -2.15. The lowest BCUT2D eigenvalue weighted by molar-refractivity contribution is -0.137. The SMILES string of the molecule is NC1CCCC1Cc1cc(C(F)(F)F)ccn1. The molecule has 0 aromatic carbocycles. The van der Waals surface area contributed by atoms with Crippen LogP contribution < -0.4 is 5.73 Å². The maximum Gasteiger partial charge on any atom is 0.416 e. The number of hydrogen-bond donors (Lipinski definition) is 1. The monoisotopic (exact) mass is 244 g/mol. The van der Waals surface area contributed by atoms with Gasteiger partial charge in [-0.1, -0.05) is 6.42 Å². The van der Waals surface area contributed by atoms with Crippen LogP contribution >= 0.6 is 0 Å². The average Bonchev–Trinajstić information content (AvgIpc) is 2.64. The Bertz CT molecular complexity index is 390. The molecule has 2 unspecified atom stereocenters. The molecule has 0 bridgehead atoms. The zero-order chi connectivity index (χ0) is 12.5. The largest absolute Gasteiger partial charge is 0.416 e. The number of aromatic nitrogens is 1. The maximum absolute atomic E-state index is 12.5. The summed E-state index contributed by atoms with van der Waals surface area (Å²) in [7, 11) is 0. The van der Waals surface area contributed by atoms with Crippen LogP contribution in [-0.4, -0.2) is 11.0 Å². The molecular formula is C12H15F3N2. The zero-order valence-electron chi connectivity index (χ0n) is 9.37. The van der Waals surface area contributed by atoms with Crippen molar-refractivity contribution in [1.82, 2.24) is 4.98 Å². The van der Waals surface area contributed by atoms with E-state index in [1.54, 1.807) is 0 Å². The summed E-state index contributed by atoms with van der Waals surface area (Å²) in [6.07, 6.45) is 0.479. The molecule has 1 aliphatic carbocycles. The van der Waals surface area contributed by atoms with Crippen LogP contribution in [0, 0.1) is 5.92 Å². The van der Waals surface area contributed by atoms with Gasteiger partial charge >= 0.3 is 6.18 Å². The molecule has 0 spiro atoms. The summed E-state index contributed by atoms with van der Waals surface area (Å²) in [6, 6.07) is 2.23. The molecule has 2 nitrogen and oxygen atoms in total. The first-order valence-corrected chi connectivity index (χ1v) is 5.74. The van der Waals surface area contributed by atoms with E-state index in [-0.39, 0.29) is 12.0 Å². The van der Waals surface area contributed by atoms with Gasteiger partial charge in [0.2, 0.25) is 0 Å². The molecule has 1 saturated carbocycles. The van der Waals surface area contributed by atoms with Crippen molar-refractivity contribution < 1.29 is 13.2 Å². The van der Waals surface area contributed by atoms with Gasteiger partial charge < -0.3 is 5.73 Å². The first kappa shape index (κ1) is 12.4. The molecule has 0 amide bonds. The van der Waals surface area contributed by atoms with Crippen LogP contribution in [0.15, 0.2) is 18.3 Å². The number of pyridine rings is 1. The molecule has 2 N–H and O–H groups in total. The Labute approximate surface area is 98.0 Å². The second-order valence-electron chi connectivity index (χ2n) is 4.59. The highest BCUT2D eigenvalue weighted by Gasteiger charge is 2.31. The number of hydrogen-bond acceptors (Lipinski definition) is 2. The van der Waals surface area contributed by atoms with Gasteiger partial charge in [-0.15, -0.1) is 0 Å². The van der Waals surface area contributed by atoms with E-state index in [1.807, 2.05) is 0 Å². The Morgan fingerprint density at radius 3 is 2.71 bits per heavy atom. The molecule has 1 aliphatic rings. The van der Waals surface area contributed by atoms with Crippen LogP contribution in [0.1, 0.15) is 30.5 Å². The van der Waals surface area contributed by atoms with E-state index in [0.29, 0.717) is 12.1 Å². The van der Waals surface area contributed by atoms with Crippen LogP contribution in [0.25, 0.3) is 0 Å². The van der Waals surface area contributed by atoms with Gasteiger partial charge in [-0.3, -0.25) is 4.98 Å². The van der Waals surface area contributed by atoms with E-state index in [9.17, 15) is 13.2 Å². The fourth-order valence-electron chi connectivity index (χ4n) is 2.35. The molecule has 1 heterocycles. The fraction of sp³-hybridized carbons (Fsp3) is 0.583. The highest BCUT2D eigenvalue weighted by atomic mass is 19.4. The minimum Gasteiger partial charge on any atom is -0.327 e. The Kier molecular flexibility index (Phi) is 3.38. The molecule has 1 fully saturated rings. The normalized spacial score (nSPS) is 25.2. The van der Waals surface area contributed by atoms with Gasteiger partial charge in [0, 0.05) is 17.9 Å². The van der Waals surface area contributed by atoms with Crippen LogP contribution in [-0.2, 0) is 12.6 Å². The van der Waals surface area contributed by atoms with Crippen LogP contribution in [0.4, 0.5) is 13.2 Å². The molecule has 2 atom stereocenters. The van der Waals surface area contributed by atoms with Crippen molar-refractivity contribution >= 4 is 0 Å². The highest BCUT2D eigenvalue weighted by molar-refractivity contribution is 5.20. The van der Waals surface area contributed by atoms with Gasteiger partial charge in [-0.25, -0.2) is 0 Å². The van der Waals surface area contributed by atoms with E-state index in [4.69, 9.17) is 5.73 Å². The number of nitrogens with zero attached hydrogens (tertiary/aromatic N) is 1. The summed E-state index contributed by atoms with van der Waals surface area (Å²) in [5.41, 5.74) is 5.76. The van der Waals surface area contributed by atoms with Crippen molar-refractivity contribution in [2.75, 3.05) is 0 Å². The number of alkyl halides is 3. The third-order valence-corrected chi connectivity index (χ3v) is 3.33. The van der Waals surface area contributed by atoms with Gasteiger partial charge in [-0.05, 0) is 37.3 Å². The minimum atomic E-state index is -4.30. The van der Waals surface area contributed by atoms with E-state index in [1.165, 1.54) is 6.20 Å². The van der Waals surface area contributed by atoms with E-state index < -0.39 is 11.7 Å². The number of halogens is 3. The van der Waals surface area contributed by atoms with Crippen molar-refractivity contribution in [3.63, 3.8) is 0 Å². The molecular weight excluding hydrogens is 229 g/mol. The maximum atomic E-state index is 12.5. The van der Waals surface area contributed by atoms with Crippen molar-refractivity contribution in [2.45, 2.75) is 37.9 Å². The van der Waals surface area contributed by atoms with Gasteiger partial charge in [0.05, 0.1) is 5.56 Å². The van der Waals surface area contributed by atoms with Crippen LogP contribution in [0.5, 0.6) is 0 Å². The lowest BCUT2D eigenvalue weighted by atomic mass is 9.97. The molecule has 17 heavy (non-hydrogen) atoms. The van der Waals surface area contributed by atoms with Crippen molar-refractivity contribution in [3.05, 3.63) is 29.6 Å². The summed E-state index contributed by atoms with van der Waals surface area (Å²) in [6.45, 7) is 0. The lowest BCUT2D eigenvalue weighted by Crippen LogP contribution is -2.26. The Hall–Kier alpha value is -1.10. The Balaban J connectivity index is 2.11. The molecule has 1 aromatic heterocycles. The van der Waals surface area contributed by atoms with E-state index >= 15 is 0 Å². The van der Waals surface area contributed by atoms with Crippen molar-refractivity contribution in [1.29, 1.82) is 0 Å². The Morgan fingerprint density at radius 2 is 2.12 bits per heavy atom. The third kappa shape index (κ3) is 2.97. The van der Waals surface area contributed by atoms with Crippen LogP contribution in [0.3, 0.4) is 0 Å². The predicted octanol–water partition coefficient (Wildman–Crippen LogP) is 2.77. The zero-order valence-corrected chi connectivity index (χ0v) is 9.37. The standard InChI is InChI=1S/C12H15F3N2/c13-12(14,15)9-4-5-17-10(7-9)6-8-2-1-3-11(8)16/h4-5,7-8,11H,1-3,6,16H2. The second-order valence-corrected chi connectivity index (χ2v) is 4.59. The van der Waals surface area contributed by atoms with Gasteiger partial charge in [0.15, 0.2) is 0 Å². The molecule has 1 aromatic rings. The average molecular weight is 244 g/mol. The second kappa shape index (κ2) is 4.64. The van der Waals surface area contributed by atoms with Crippen molar-refractivity contribution in [3.8, 4) is 0 Å². The fourth-order valence-corrected chi connectivity index (χ4v) is 2.35. The molecule has 0 radical (unpaired) electrons. The Morgan fingerprint density at radius 1 is 1.35 bits per heavy atom. The summed E-state index contributed by atoms with van der Waals surface area (Å²) in [5.74, 6) is 0.269. The van der Waals surface area contributed by atoms with E-state index in [0.717, 1.165) is 31.4 Å². The topological polar surface area (TPSA) is 38.9 Å². The molecule has 2 rings (SSSR count). The molecule has 5 heteroatoms. The minimum absolute atomic E-state index is 0.103. The highest BCUT2D eigenvalue weighted by Crippen LogP contribution is 2.31. The molecule has 0 saturated heterocycles. The first-order chi connectivity index (χ1) is 7.97. The van der Waals surface area contributed by atoms with Gasteiger partial charge in [0.1, 0.15) is 0 Å². The number of nitrogens with two attached hydrogens (primary N) is 1. The number of rotatable bonds is 2. The van der Waals surface area contributed by atoms with E-state index in [2.05, 4.69) is 4.98 Å². The summed E-state index contributed by atoms with van der Waals surface area (Å²) in [5, 5.41) is 0. The molecule has 0 aliphatic heterocycles. The summed E-state index contributed by atoms with van der Waals surface area (Å²) < 4.78 is 37.5. The third-order valence-electron chi connectivity index (χ3n) is 3.33. The predicted molar refractivity (Wildman–Crippen MR) is 58.3 cm³/mol. The van der Waals surface area contributed by atoms with Crippen LogP contribution in [0.2, 0.25) is 0 Å². The first-order valence-electron chi connectivity index (χ1n) is 5.74. The quantitative estimate of drug-likeness (QED) is 0.868.